The first-order valence-electron chi connectivity index (χ1n) is 8.52. The third-order valence-corrected chi connectivity index (χ3v) is 4.66. The van der Waals surface area contributed by atoms with Crippen LogP contribution in [-0.4, -0.2) is 15.9 Å². The average molecular weight is 355 g/mol. The average Bonchev–Trinajstić information content (AvgIpc) is 3.14. The van der Waals surface area contributed by atoms with Gasteiger partial charge in [0, 0.05) is 25.5 Å². The number of amides is 2. The monoisotopic (exact) mass is 355 g/mol. The zero-order chi connectivity index (χ0) is 18.8. The molecule has 0 saturated carbocycles. The molecule has 0 fully saturated rings. The lowest BCUT2D eigenvalue weighted by Gasteiger charge is -2.18. The number of hydrogen-bond acceptors (Lipinski definition) is 4. The van der Waals surface area contributed by atoms with Crippen LogP contribution in [0.25, 0.3) is 11.1 Å². The third kappa shape index (κ3) is 3.31. The Morgan fingerprint density at radius 2 is 1.81 bits per heavy atom. The Bertz CT molecular complexity index is 1030. The zero-order valence-electron chi connectivity index (χ0n) is 14.5. The largest absolute Gasteiger partial charge is 0.397 e. The van der Waals surface area contributed by atoms with Crippen LogP contribution >= 0.6 is 0 Å². The zero-order valence-corrected chi connectivity index (χ0v) is 14.5. The van der Waals surface area contributed by atoms with Crippen LogP contribution in [0.2, 0.25) is 0 Å². The number of pyridine rings is 1. The summed E-state index contributed by atoms with van der Waals surface area (Å²) in [6.07, 6.45) is 3.53. The molecule has 0 unspecified atom stereocenters. The number of anilines is 2. The van der Waals surface area contributed by atoms with Gasteiger partial charge in [-0.05, 0) is 52.6 Å². The second-order valence-corrected chi connectivity index (χ2v) is 6.42. The highest BCUT2D eigenvalue weighted by atomic mass is 16.2. The van der Waals surface area contributed by atoms with Gasteiger partial charge < -0.3 is 16.0 Å². The van der Waals surface area contributed by atoms with Crippen LogP contribution in [0.3, 0.4) is 0 Å². The maximum Gasteiger partial charge on any atom is 0.322 e. The van der Waals surface area contributed by atoms with Crippen LogP contribution in [0.5, 0.6) is 0 Å². The highest BCUT2D eigenvalue weighted by molar-refractivity contribution is 5.94. The van der Waals surface area contributed by atoms with E-state index in [4.69, 9.17) is 11.0 Å². The first kappa shape index (κ1) is 16.6. The van der Waals surface area contributed by atoms with Gasteiger partial charge in [0.25, 0.3) is 0 Å². The summed E-state index contributed by atoms with van der Waals surface area (Å²) in [4.78, 5) is 18.5. The smallest absolute Gasteiger partial charge is 0.322 e. The minimum atomic E-state index is -0.199. The lowest BCUT2D eigenvalue weighted by molar-refractivity contribution is 0.212. The van der Waals surface area contributed by atoms with E-state index in [1.165, 1.54) is 0 Å². The third-order valence-electron chi connectivity index (χ3n) is 4.66. The molecule has 4 rings (SSSR count). The number of urea groups is 1. The van der Waals surface area contributed by atoms with Crippen LogP contribution in [0.1, 0.15) is 16.7 Å². The molecule has 3 N–H and O–H groups in total. The molecule has 2 aromatic carbocycles. The summed E-state index contributed by atoms with van der Waals surface area (Å²) in [5, 5.41) is 11.8. The summed E-state index contributed by atoms with van der Waals surface area (Å²) in [7, 11) is 0. The maximum absolute atomic E-state index is 12.7. The Hall–Kier alpha value is -3.85. The number of rotatable bonds is 2. The number of aromatic nitrogens is 1. The molecule has 27 heavy (non-hydrogen) atoms. The van der Waals surface area contributed by atoms with Gasteiger partial charge in [0.15, 0.2) is 0 Å². The molecule has 2 amide bonds. The van der Waals surface area contributed by atoms with E-state index in [9.17, 15) is 4.79 Å². The van der Waals surface area contributed by atoms with Crippen LogP contribution in [0.4, 0.5) is 16.2 Å². The molecule has 1 aromatic heterocycles. The first-order valence-corrected chi connectivity index (χ1v) is 8.52. The van der Waals surface area contributed by atoms with E-state index in [1.807, 2.05) is 30.3 Å². The van der Waals surface area contributed by atoms with Gasteiger partial charge in [-0.3, -0.25) is 4.98 Å². The molecule has 132 valence electrons. The fourth-order valence-corrected chi connectivity index (χ4v) is 3.14. The van der Waals surface area contributed by atoms with Gasteiger partial charge in [0.05, 0.1) is 23.0 Å². The second kappa shape index (κ2) is 6.81. The minimum absolute atomic E-state index is 0.199. The lowest BCUT2D eigenvalue weighted by Crippen LogP contribution is -2.30. The van der Waals surface area contributed by atoms with Crippen molar-refractivity contribution < 1.29 is 4.79 Å². The Morgan fingerprint density at radius 1 is 1.07 bits per heavy atom. The fraction of sp³-hybridized carbons (Fsp3) is 0.0952. The van der Waals surface area contributed by atoms with Crippen molar-refractivity contribution in [1.82, 2.24) is 9.88 Å². The first-order chi connectivity index (χ1) is 13.1. The van der Waals surface area contributed by atoms with Crippen molar-refractivity contribution in [1.29, 1.82) is 5.26 Å². The van der Waals surface area contributed by atoms with Gasteiger partial charge in [-0.2, -0.15) is 5.26 Å². The van der Waals surface area contributed by atoms with Gasteiger partial charge in [-0.15, -0.1) is 0 Å². The van der Waals surface area contributed by atoms with Gasteiger partial charge in [0.1, 0.15) is 0 Å². The van der Waals surface area contributed by atoms with Crippen molar-refractivity contribution in [2.24, 2.45) is 0 Å². The molecule has 6 heteroatoms. The van der Waals surface area contributed by atoms with Gasteiger partial charge >= 0.3 is 6.03 Å². The molecule has 0 aliphatic carbocycles. The number of benzene rings is 2. The van der Waals surface area contributed by atoms with E-state index in [0.717, 1.165) is 22.3 Å². The quantitative estimate of drug-likeness (QED) is 0.684. The summed E-state index contributed by atoms with van der Waals surface area (Å²) >= 11 is 0. The number of hydrogen-bond donors (Lipinski definition) is 2. The summed E-state index contributed by atoms with van der Waals surface area (Å²) < 4.78 is 0. The van der Waals surface area contributed by atoms with E-state index < -0.39 is 0 Å². The number of carbonyl (C=O) groups excluding carboxylic acids is 1. The number of nitrogens with one attached hydrogen (secondary N) is 1. The molecule has 0 saturated heterocycles. The molecule has 1 aliphatic heterocycles. The van der Waals surface area contributed by atoms with Crippen LogP contribution in [0.15, 0.2) is 60.9 Å². The molecule has 0 spiro atoms. The molecular formula is C21H17N5O. The van der Waals surface area contributed by atoms with E-state index >= 15 is 0 Å². The minimum Gasteiger partial charge on any atom is -0.397 e. The molecule has 0 bridgehead atoms. The number of carbonyl (C=O) groups is 1. The number of fused-ring (bicyclic) bond motifs is 1. The summed E-state index contributed by atoms with van der Waals surface area (Å²) in [6, 6.07) is 16.6. The Kier molecular flexibility index (Phi) is 4.19. The summed E-state index contributed by atoms with van der Waals surface area (Å²) in [5.41, 5.74) is 11.8. The van der Waals surface area contributed by atoms with Gasteiger partial charge in [-0.1, -0.05) is 18.2 Å². The fourth-order valence-electron chi connectivity index (χ4n) is 3.14. The van der Waals surface area contributed by atoms with E-state index in [-0.39, 0.29) is 6.03 Å². The number of nitrogen functional groups attached to an aromatic ring is 1. The van der Waals surface area contributed by atoms with Crippen LogP contribution in [0, 0.1) is 11.3 Å². The van der Waals surface area contributed by atoms with Crippen molar-refractivity contribution in [2.45, 2.75) is 13.1 Å². The molecule has 0 radical (unpaired) electrons. The highest BCUT2D eigenvalue weighted by Gasteiger charge is 2.23. The Labute approximate surface area is 156 Å². The molecule has 3 aromatic rings. The Balaban J connectivity index is 1.54. The van der Waals surface area contributed by atoms with Crippen molar-refractivity contribution in [2.75, 3.05) is 11.1 Å². The standard InChI is InChI=1S/C21H17N5O/c22-10-14-1-3-15(4-2-14)16-5-6-19(23)20(9-16)25-21(27)26-12-17-7-8-24-11-18(17)13-26/h1-9,11H,12-13,23H2,(H,25,27). The predicted octanol–water partition coefficient (Wildman–Crippen LogP) is 3.75. The number of nitriles is 1. The van der Waals surface area contributed by atoms with E-state index in [0.29, 0.717) is 30.0 Å². The van der Waals surface area contributed by atoms with E-state index in [2.05, 4.69) is 16.4 Å². The maximum atomic E-state index is 12.7. The Morgan fingerprint density at radius 3 is 2.56 bits per heavy atom. The summed E-state index contributed by atoms with van der Waals surface area (Å²) in [6.45, 7) is 1.09. The van der Waals surface area contributed by atoms with Crippen LogP contribution in [-0.2, 0) is 13.1 Å². The molecule has 6 nitrogen and oxygen atoms in total. The molecule has 0 atom stereocenters. The van der Waals surface area contributed by atoms with Crippen LogP contribution < -0.4 is 11.1 Å². The lowest BCUT2D eigenvalue weighted by atomic mass is 10.0. The molecule has 1 aliphatic rings. The molecule has 2 heterocycles. The topological polar surface area (TPSA) is 95.0 Å². The normalized spacial score (nSPS) is 12.3. The molecular weight excluding hydrogens is 338 g/mol. The highest BCUT2D eigenvalue weighted by Crippen LogP contribution is 2.29. The number of nitrogens with zero attached hydrogens (tertiary/aromatic N) is 3. The summed E-state index contributed by atoms with van der Waals surface area (Å²) in [5.74, 6) is 0. The van der Waals surface area contributed by atoms with E-state index in [1.54, 1.807) is 35.5 Å². The van der Waals surface area contributed by atoms with Crippen molar-refractivity contribution >= 4 is 17.4 Å². The van der Waals surface area contributed by atoms with Gasteiger partial charge in [0.2, 0.25) is 0 Å². The number of nitrogens with two attached hydrogens (primary N) is 1. The predicted molar refractivity (Wildman–Crippen MR) is 104 cm³/mol. The van der Waals surface area contributed by atoms with Gasteiger partial charge in [-0.25, -0.2) is 4.79 Å². The van der Waals surface area contributed by atoms with Crippen molar-refractivity contribution in [3.63, 3.8) is 0 Å². The van der Waals surface area contributed by atoms with Crippen molar-refractivity contribution in [3.05, 3.63) is 77.6 Å². The SMILES string of the molecule is N#Cc1ccc(-c2ccc(N)c(NC(=O)N3Cc4ccncc4C3)c2)cc1. The second-order valence-electron chi connectivity index (χ2n) is 6.42. The van der Waals surface area contributed by atoms with Crippen molar-refractivity contribution in [3.8, 4) is 17.2 Å².